The lowest BCUT2D eigenvalue weighted by Gasteiger charge is -1.55. The first-order valence-corrected chi connectivity index (χ1v) is 5.86. The summed E-state index contributed by atoms with van der Waals surface area (Å²) in [6, 6.07) is 0. The van der Waals surface area contributed by atoms with Crippen LogP contribution in [-0.4, -0.2) is 15.4 Å². The zero-order valence-corrected chi connectivity index (χ0v) is 7.25. The van der Waals surface area contributed by atoms with Crippen molar-refractivity contribution in [3.8, 4) is 0 Å². The van der Waals surface area contributed by atoms with E-state index in [-0.39, 0.29) is 0 Å². The van der Waals surface area contributed by atoms with Gasteiger partial charge in [-0.25, -0.2) is 0 Å². The molecule has 0 bridgehead atoms. The zero-order chi connectivity index (χ0) is 6.12. The molecule has 0 amide bonds. The normalized spacial score (nSPS) is 6.14. The van der Waals surface area contributed by atoms with Crippen LogP contribution >= 0.6 is 11.6 Å². The van der Waals surface area contributed by atoms with Gasteiger partial charge in [-0.3, -0.25) is 0 Å². The summed E-state index contributed by atoms with van der Waals surface area (Å²) in [5.74, 6) is 0.556. The molecule has 44 valence electrons. The van der Waals surface area contributed by atoms with Crippen molar-refractivity contribution in [3.63, 3.8) is 0 Å². The maximum atomic E-state index is 5.07. The molecular weight excluding hydrogens is 124 g/mol. The lowest BCUT2D eigenvalue weighted by atomic mass is 10.8. The van der Waals surface area contributed by atoms with Crippen molar-refractivity contribution < 1.29 is 0 Å². The molecule has 0 nitrogen and oxygen atoms in total. The fraction of sp³-hybridized carbons (Fsp3) is 0.600. The first-order chi connectivity index (χ1) is 3.33. The highest BCUT2D eigenvalue weighted by molar-refractivity contribution is 6.31. The molecule has 0 unspecified atom stereocenters. The Morgan fingerprint density at radius 2 is 1.86 bits per heavy atom. The van der Waals surface area contributed by atoms with E-state index in [1.165, 1.54) is 0 Å². The Hall–Kier alpha value is 0.247. The van der Waals surface area contributed by atoms with E-state index in [9.17, 15) is 0 Å². The predicted molar refractivity (Wildman–Crippen MR) is 41.2 cm³/mol. The second-order valence-corrected chi connectivity index (χ2v) is 2.87. The Morgan fingerprint density at radius 3 is 1.86 bits per heavy atom. The quantitative estimate of drug-likeness (QED) is 0.292. The summed E-state index contributed by atoms with van der Waals surface area (Å²) in [4.78, 5) is 0. The van der Waals surface area contributed by atoms with E-state index < -0.39 is 0 Å². The molecule has 0 aromatic carbocycles. The Morgan fingerprint density at radius 1 is 1.71 bits per heavy atom. The Kier molecular flexibility index (Phi) is 23.9. The topological polar surface area (TPSA) is 0 Å². The standard InChI is InChI=1S/C3H5Cl.C2H8Si/c1-2-3-4;1-3-2/h2H,1,3H2;3H2,1-2H3. The summed E-state index contributed by atoms with van der Waals surface area (Å²) >= 11 is 5.07. The van der Waals surface area contributed by atoms with Crippen LogP contribution in [0.5, 0.6) is 0 Å². The van der Waals surface area contributed by atoms with Crippen molar-refractivity contribution in [2.75, 3.05) is 5.88 Å². The molecular formula is C5H13ClSi. The number of halogens is 1. The zero-order valence-electron chi connectivity index (χ0n) is 5.08. The van der Waals surface area contributed by atoms with Crippen LogP contribution in [0.25, 0.3) is 0 Å². The first-order valence-electron chi connectivity index (χ1n) is 2.50. The summed E-state index contributed by atoms with van der Waals surface area (Å²) in [5, 5.41) is 0. The minimum atomic E-state index is 0.417. The molecule has 7 heavy (non-hydrogen) atoms. The lowest BCUT2D eigenvalue weighted by Crippen LogP contribution is -1.53. The summed E-state index contributed by atoms with van der Waals surface area (Å²) < 4.78 is 0. The molecule has 0 aromatic rings. The molecule has 0 aliphatic rings. The molecule has 0 saturated heterocycles. The van der Waals surface area contributed by atoms with Gasteiger partial charge in [0, 0.05) is 15.4 Å². The predicted octanol–water partition coefficient (Wildman–Crippen LogP) is 1.66. The number of allylic oxidation sites excluding steroid dienone is 1. The third-order valence-corrected chi connectivity index (χ3v) is 0.327. The van der Waals surface area contributed by atoms with E-state index in [4.69, 9.17) is 11.6 Å². The summed E-state index contributed by atoms with van der Waals surface area (Å²) in [6.07, 6.45) is 1.64. The highest BCUT2D eigenvalue weighted by Crippen LogP contribution is 1.67. The summed E-state index contributed by atoms with van der Waals surface area (Å²) in [7, 11) is 0.417. The molecule has 2 heteroatoms. The Balaban J connectivity index is 0. The van der Waals surface area contributed by atoms with Crippen LogP contribution in [0.3, 0.4) is 0 Å². The van der Waals surface area contributed by atoms with Crippen molar-refractivity contribution in [2.24, 2.45) is 0 Å². The van der Waals surface area contributed by atoms with Crippen LogP contribution in [0.15, 0.2) is 12.7 Å². The minimum Gasteiger partial charge on any atom is -0.122 e. The summed E-state index contributed by atoms with van der Waals surface area (Å²) in [5.41, 5.74) is 0. The first kappa shape index (κ1) is 10.3. The maximum Gasteiger partial charge on any atom is 0.0401 e. The van der Waals surface area contributed by atoms with Gasteiger partial charge in [-0.15, -0.1) is 18.2 Å². The van der Waals surface area contributed by atoms with Gasteiger partial charge in [0.1, 0.15) is 0 Å². The molecule has 0 saturated carbocycles. The fourth-order valence-corrected chi connectivity index (χ4v) is 0. The third-order valence-electron chi connectivity index (χ3n) is 0.109. The molecule has 0 aromatic heterocycles. The molecule has 0 aliphatic carbocycles. The average Bonchev–Trinajstić information content (AvgIpc) is 1.69. The van der Waals surface area contributed by atoms with Crippen molar-refractivity contribution in [1.82, 2.24) is 0 Å². The molecule has 0 aliphatic heterocycles. The number of alkyl halides is 1. The highest BCUT2D eigenvalue weighted by atomic mass is 35.5. The molecule has 0 atom stereocenters. The van der Waals surface area contributed by atoms with Crippen molar-refractivity contribution in [3.05, 3.63) is 12.7 Å². The monoisotopic (exact) mass is 136 g/mol. The van der Waals surface area contributed by atoms with Gasteiger partial charge in [0.2, 0.25) is 0 Å². The van der Waals surface area contributed by atoms with Gasteiger partial charge in [-0.2, -0.15) is 0 Å². The van der Waals surface area contributed by atoms with Gasteiger partial charge < -0.3 is 0 Å². The minimum absolute atomic E-state index is 0.417. The maximum absolute atomic E-state index is 5.07. The van der Waals surface area contributed by atoms with E-state index in [1.807, 2.05) is 0 Å². The SMILES string of the molecule is C=CCCl.C[SiH2]C. The number of hydrogen-bond acceptors (Lipinski definition) is 0. The number of hydrogen-bond donors (Lipinski definition) is 0. The average molecular weight is 137 g/mol. The van der Waals surface area contributed by atoms with Crippen LogP contribution in [0.4, 0.5) is 0 Å². The Bertz CT molecular complexity index is 29.3. The van der Waals surface area contributed by atoms with Crippen molar-refractivity contribution in [1.29, 1.82) is 0 Å². The molecule has 0 rings (SSSR count). The number of rotatable bonds is 1. The summed E-state index contributed by atoms with van der Waals surface area (Å²) in [6.45, 7) is 7.88. The molecule has 0 N–H and O–H groups in total. The Labute approximate surface area is 53.4 Å². The largest absolute Gasteiger partial charge is 0.122 e. The van der Waals surface area contributed by atoms with Crippen LogP contribution < -0.4 is 0 Å². The second-order valence-electron chi connectivity index (χ2n) is 1.15. The van der Waals surface area contributed by atoms with Crippen LogP contribution in [-0.2, 0) is 0 Å². The van der Waals surface area contributed by atoms with Crippen molar-refractivity contribution in [2.45, 2.75) is 13.1 Å². The van der Waals surface area contributed by atoms with E-state index in [1.54, 1.807) is 6.08 Å². The van der Waals surface area contributed by atoms with Crippen LogP contribution in [0.1, 0.15) is 0 Å². The molecule has 0 heterocycles. The van der Waals surface area contributed by atoms with Gasteiger partial charge in [-0.1, -0.05) is 19.2 Å². The van der Waals surface area contributed by atoms with Gasteiger partial charge >= 0.3 is 0 Å². The fourth-order valence-electron chi connectivity index (χ4n) is 0. The van der Waals surface area contributed by atoms with E-state index in [0.29, 0.717) is 15.4 Å². The molecule has 0 radical (unpaired) electrons. The highest BCUT2D eigenvalue weighted by Gasteiger charge is 1.48. The van der Waals surface area contributed by atoms with Gasteiger partial charge in [-0.05, 0) is 0 Å². The molecule has 0 spiro atoms. The van der Waals surface area contributed by atoms with Gasteiger partial charge in [0.25, 0.3) is 0 Å². The van der Waals surface area contributed by atoms with Gasteiger partial charge in [0.05, 0.1) is 0 Å². The van der Waals surface area contributed by atoms with E-state index in [2.05, 4.69) is 19.7 Å². The van der Waals surface area contributed by atoms with E-state index >= 15 is 0 Å². The van der Waals surface area contributed by atoms with Crippen LogP contribution in [0.2, 0.25) is 13.1 Å². The van der Waals surface area contributed by atoms with Gasteiger partial charge in [0.15, 0.2) is 0 Å². The molecule has 0 fully saturated rings. The third kappa shape index (κ3) is 72.5. The van der Waals surface area contributed by atoms with Crippen LogP contribution in [0, 0.1) is 0 Å². The smallest absolute Gasteiger partial charge is 0.0401 e. The lowest BCUT2D eigenvalue weighted by molar-refractivity contribution is 1.80. The second kappa shape index (κ2) is 16.3. The van der Waals surface area contributed by atoms with E-state index in [0.717, 1.165) is 0 Å². The van der Waals surface area contributed by atoms with Crippen molar-refractivity contribution >= 4 is 21.1 Å².